The van der Waals surface area contributed by atoms with E-state index in [0.29, 0.717) is 5.69 Å². The molecule has 1 N–H and O–H groups in total. The smallest absolute Gasteiger partial charge is 0.323 e. The van der Waals surface area contributed by atoms with Gasteiger partial charge in [0.15, 0.2) is 0 Å². The third-order valence-corrected chi connectivity index (χ3v) is 4.29. The zero-order valence-electron chi connectivity index (χ0n) is 11.2. The molecule has 2 rings (SSSR count). The molecule has 108 valence electrons. The first kappa shape index (κ1) is 14.9. The Hall–Kier alpha value is -1.49. The summed E-state index contributed by atoms with van der Waals surface area (Å²) in [6.07, 6.45) is 3.79. The average molecular weight is 293 g/mol. The number of aliphatic carboxylic acids is 1. The van der Waals surface area contributed by atoms with E-state index in [1.807, 2.05) is 6.07 Å². The number of benzene rings is 1. The SMILES string of the molecule is O=C(O)CN(C(=O)[C@@H]1CCCC[C@H]1S)c1ccccc1. The highest BCUT2D eigenvalue weighted by atomic mass is 32.1. The molecule has 0 radical (unpaired) electrons. The van der Waals surface area contributed by atoms with Crippen molar-refractivity contribution in [3.8, 4) is 0 Å². The van der Waals surface area contributed by atoms with Crippen LogP contribution in [0, 0.1) is 5.92 Å². The summed E-state index contributed by atoms with van der Waals surface area (Å²) in [5, 5.41) is 9.07. The lowest BCUT2D eigenvalue weighted by atomic mass is 9.87. The molecule has 1 aliphatic carbocycles. The van der Waals surface area contributed by atoms with Crippen LogP contribution in [0.2, 0.25) is 0 Å². The van der Waals surface area contributed by atoms with Gasteiger partial charge >= 0.3 is 5.97 Å². The van der Waals surface area contributed by atoms with E-state index in [0.717, 1.165) is 25.7 Å². The van der Waals surface area contributed by atoms with Crippen LogP contribution >= 0.6 is 12.6 Å². The van der Waals surface area contributed by atoms with Gasteiger partial charge in [-0.1, -0.05) is 31.0 Å². The Morgan fingerprint density at radius 3 is 2.45 bits per heavy atom. The van der Waals surface area contributed by atoms with Gasteiger partial charge in [0.25, 0.3) is 0 Å². The minimum Gasteiger partial charge on any atom is -0.480 e. The van der Waals surface area contributed by atoms with E-state index >= 15 is 0 Å². The van der Waals surface area contributed by atoms with E-state index in [2.05, 4.69) is 12.6 Å². The zero-order chi connectivity index (χ0) is 14.5. The van der Waals surface area contributed by atoms with Gasteiger partial charge in [0, 0.05) is 10.9 Å². The number of carbonyl (C=O) groups is 2. The number of nitrogens with zero attached hydrogens (tertiary/aromatic N) is 1. The number of amides is 1. The lowest BCUT2D eigenvalue weighted by molar-refractivity contribution is -0.137. The quantitative estimate of drug-likeness (QED) is 0.839. The van der Waals surface area contributed by atoms with Crippen molar-refractivity contribution in [2.45, 2.75) is 30.9 Å². The summed E-state index contributed by atoms with van der Waals surface area (Å²) in [6, 6.07) is 8.97. The first-order valence-electron chi connectivity index (χ1n) is 6.86. The maximum Gasteiger partial charge on any atom is 0.323 e. The van der Waals surface area contributed by atoms with E-state index in [-0.39, 0.29) is 23.6 Å². The van der Waals surface area contributed by atoms with Crippen molar-refractivity contribution < 1.29 is 14.7 Å². The lowest BCUT2D eigenvalue weighted by Crippen LogP contribution is -2.43. The van der Waals surface area contributed by atoms with Crippen LogP contribution in [-0.4, -0.2) is 28.8 Å². The van der Waals surface area contributed by atoms with Crippen LogP contribution in [0.4, 0.5) is 5.69 Å². The third-order valence-electron chi connectivity index (χ3n) is 3.67. The summed E-state index contributed by atoms with van der Waals surface area (Å²) >= 11 is 4.50. The first-order chi connectivity index (χ1) is 9.59. The predicted octanol–water partition coefficient (Wildman–Crippen LogP) is 2.59. The number of hydrogen-bond donors (Lipinski definition) is 2. The predicted molar refractivity (Wildman–Crippen MR) is 81.2 cm³/mol. The van der Waals surface area contributed by atoms with Crippen LogP contribution in [0.15, 0.2) is 30.3 Å². The Balaban J connectivity index is 2.22. The monoisotopic (exact) mass is 293 g/mol. The number of para-hydroxylation sites is 1. The summed E-state index contributed by atoms with van der Waals surface area (Å²) in [5.41, 5.74) is 0.631. The second-order valence-corrected chi connectivity index (χ2v) is 5.78. The van der Waals surface area contributed by atoms with Crippen molar-refractivity contribution in [3.05, 3.63) is 30.3 Å². The number of thiol groups is 1. The van der Waals surface area contributed by atoms with Gasteiger partial charge in [-0.25, -0.2) is 0 Å². The number of carbonyl (C=O) groups excluding carboxylic acids is 1. The summed E-state index contributed by atoms with van der Waals surface area (Å²) in [5.74, 6) is -1.32. The number of carboxylic acids is 1. The topological polar surface area (TPSA) is 57.6 Å². The van der Waals surface area contributed by atoms with E-state index in [4.69, 9.17) is 5.11 Å². The van der Waals surface area contributed by atoms with Crippen molar-refractivity contribution in [1.82, 2.24) is 0 Å². The molecule has 0 unspecified atom stereocenters. The van der Waals surface area contributed by atoms with Crippen LogP contribution < -0.4 is 4.90 Å². The molecule has 1 aromatic carbocycles. The first-order valence-corrected chi connectivity index (χ1v) is 7.37. The van der Waals surface area contributed by atoms with Crippen LogP contribution in [0.1, 0.15) is 25.7 Å². The molecular formula is C15H19NO3S. The maximum absolute atomic E-state index is 12.7. The second kappa shape index (κ2) is 6.79. The summed E-state index contributed by atoms with van der Waals surface area (Å²) < 4.78 is 0. The Labute approximate surface area is 124 Å². The zero-order valence-corrected chi connectivity index (χ0v) is 12.1. The van der Waals surface area contributed by atoms with Gasteiger partial charge in [0.05, 0.1) is 5.92 Å². The second-order valence-electron chi connectivity index (χ2n) is 5.11. The van der Waals surface area contributed by atoms with Crippen molar-refractivity contribution in [2.75, 3.05) is 11.4 Å². The molecule has 20 heavy (non-hydrogen) atoms. The normalized spacial score (nSPS) is 22.2. The van der Waals surface area contributed by atoms with Crippen molar-refractivity contribution in [3.63, 3.8) is 0 Å². The fourth-order valence-electron chi connectivity index (χ4n) is 2.64. The van der Waals surface area contributed by atoms with Gasteiger partial charge in [-0.05, 0) is 25.0 Å². The molecule has 4 nitrogen and oxygen atoms in total. The van der Waals surface area contributed by atoms with E-state index in [1.165, 1.54) is 4.90 Å². The highest BCUT2D eigenvalue weighted by Crippen LogP contribution is 2.31. The molecule has 0 bridgehead atoms. The van der Waals surface area contributed by atoms with E-state index < -0.39 is 5.97 Å². The van der Waals surface area contributed by atoms with E-state index in [9.17, 15) is 9.59 Å². The van der Waals surface area contributed by atoms with Crippen LogP contribution in [0.5, 0.6) is 0 Å². The molecule has 1 fully saturated rings. The van der Waals surface area contributed by atoms with Crippen LogP contribution in [0.3, 0.4) is 0 Å². The molecule has 0 saturated heterocycles. The fraction of sp³-hybridized carbons (Fsp3) is 0.467. The van der Waals surface area contributed by atoms with E-state index in [1.54, 1.807) is 24.3 Å². The lowest BCUT2D eigenvalue weighted by Gasteiger charge is -2.32. The summed E-state index contributed by atoms with van der Waals surface area (Å²) in [4.78, 5) is 25.1. The Morgan fingerprint density at radius 2 is 1.85 bits per heavy atom. The number of anilines is 1. The van der Waals surface area contributed by atoms with Crippen molar-refractivity contribution in [2.24, 2.45) is 5.92 Å². The number of hydrogen-bond acceptors (Lipinski definition) is 3. The molecule has 1 aromatic rings. The molecule has 2 atom stereocenters. The highest BCUT2D eigenvalue weighted by molar-refractivity contribution is 7.81. The average Bonchev–Trinajstić information content (AvgIpc) is 2.45. The molecule has 0 aliphatic heterocycles. The fourth-order valence-corrected chi connectivity index (χ4v) is 3.10. The molecule has 1 amide bonds. The van der Waals surface area contributed by atoms with Gasteiger partial charge in [-0.2, -0.15) is 12.6 Å². The van der Waals surface area contributed by atoms with Gasteiger partial charge in [-0.15, -0.1) is 0 Å². The van der Waals surface area contributed by atoms with Crippen molar-refractivity contribution in [1.29, 1.82) is 0 Å². The molecule has 1 saturated carbocycles. The maximum atomic E-state index is 12.7. The summed E-state index contributed by atoms with van der Waals surface area (Å²) in [6.45, 7) is -0.306. The van der Waals surface area contributed by atoms with Gasteiger partial charge in [-0.3, -0.25) is 9.59 Å². The molecular weight excluding hydrogens is 274 g/mol. The molecule has 1 aliphatic rings. The summed E-state index contributed by atoms with van der Waals surface area (Å²) in [7, 11) is 0. The van der Waals surface area contributed by atoms with Gasteiger partial charge < -0.3 is 10.0 Å². The van der Waals surface area contributed by atoms with Gasteiger partial charge in [0.1, 0.15) is 6.54 Å². The standard InChI is InChI=1S/C15H19NO3S/c17-14(18)10-16(11-6-2-1-3-7-11)15(19)12-8-4-5-9-13(12)20/h1-3,6-7,12-13,20H,4-5,8-10H2,(H,17,18)/t12-,13-/m1/s1. The van der Waals surface area contributed by atoms with Gasteiger partial charge in [0.2, 0.25) is 5.91 Å². The Bertz CT molecular complexity index is 477. The Kier molecular flexibility index (Phi) is 5.06. The molecule has 0 spiro atoms. The molecule has 0 aromatic heterocycles. The van der Waals surface area contributed by atoms with Crippen LogP contribution in [0.25, 0.3) is 0 Å². The highest BCUT2D eigenvalue weighted by Gasteiger charge is 2.33. The minimum absolute atomic E-state index is 0.0243. The molecule has 5 heteroatoms. The van der Waals surface area contributed by atoms with Crippen LogP contribution in [-0.2, 0) is 9.59 Å². The Morgan fingerprint density at radius 1 is 1.20 bits per heavy atom. The number of carboxylic acid groups (broad SMARTS) is 1. The minimum atomic E-state index is -1.01. The van der Waals surface area contributed by atoms with Crippen molar-refractivity contribution >= 4 is 30.2 Å². The number of rotatable bonds is 4. The largest absolute Gasteiger partial charge is 0.480 e. The third kappa shape index (κ3) is 3.54. The molecule has 0 heterocycles.